The lowest BCUT2D eigenvalue weighted by molar-refractivity contribution is -0.391. The second-order valence-electron chi connectivity index (χ2n) is 6.08. The summed E-state index contributed by atoms with van der Waals surface area (Å²) in [6.07, 6.45) is 6.60. The molecule has 1 aliphatic rings. The number of piperidine rings is 1. The number of nitro groups is 1. The van der Waals surface area contributed by atoms with Crippen molar-refractivity contribution in [2.24, 2.45) is 12.0 Å². The van der Waals surface area contributed by atoms with Crippen molar-refractivity contribution in [2.45, 2.75) is 19.3 Å². The summed E-state index contributed by atoms with van der Waals surface area (Å²) in [4.78, 5) is 21.2. The van der Waals surface area contributed by atoms with E-state index >= 15 is 0 Å². The summed E-state index contributed by atoms with van der Waals surface area (Å²) >= 11 is 0. The van der Waals surface area contributed by atoms with Gasteiger partial charge in [0, 0.05) is 13.1 Å². The van der Waals surface area contributed by atoms with Crippen LogP contribution in [0.1, 0.15) is 19.3 Å². The first-order valence-electron chi connectivity index (χ1n) is 8.30. The molecule has 11 heteroatoms. The number of hydrogen-bond acceptors (Lipinski definition) is 7. The lowest BCUT2D eigenvalue weighted by atomic mass is 10.1. The predicted molar refractivity (Wildman–Crippen MR) is 93.2 cm³/mol. The molecule has 3 aromatic rings. The van der Waals surface area contributed by atoms with E-state index in [1.165, 1.54) is 34.5 Å². The molecule has 1 aliphatic heterocycles. The second kappa shape index (κ2) is 6.50. The largest absolute Gasteiger partial charge is 0.363 e. The van der Waals surface area contributed by atoms with Gasteiger partial charge < -0.3 is 15.0 Å². The van der Waals surface area contributed by atoms with E-state index in [-0.39, 0.29) is 5.82 Å². The number of imidazole rings is 1. The van der Waals surface area contributed by atoms with Gasteiger partial charge in [-0.05, 0) is 36.3 Å². The molecule has 3 aromatic heterocycles. The normalized spacial score (nSPS) is 15.2. The maximum Gasteiger partial charge on any atom is 0.343 e. The molecule has 0 amide bonds. The van der Waals surface area contributed by atoms with E-state index in [9.17, 15) is 10.1 Å². The van der Waals surface area contributed by atoms with Crippen molar-refractivity contribution in [1.29, 1.82) is 0 Å². The summed E-state index contributed by atoms with van der Waals surface area (Å²) < 4.78 is 2.84. The van der Waals surface area contributed by atoms with E-state index in [0.29, 0.717) is 23.1 Å². The van der Waals surface area contributed by atoms with Crippen LogP contribution in [-0.2, 0) is 7.05 Å². The summed E-state index contributed by atoms with van der Waals surface area (Å²) in [5, 5.41) is 23.6. The topological polar surface area (TPSA) is 120 Å². The van der Waals surface area contributed by atoms with Crippen molar-refractivity contribution in [3.8, 4) is 11.6 Å². The molecule has 134 valence electrons. The number of hydrogen-bond donors (Lipinski definition) is 0. The maximum absolute atomic E-state index is 11.0. The van der Waals surface area contributed by atoms with E-state index in [2.05, 4.69) is 30.2 Å². The van der Waals surface area contributed by atoms with Gasteiger partial charge >= 0.3 is 5.82 Å². The van der Waals surface area contributed by atoms with E-state index < -0.39 is 4.92 Å². The van der Waals surface area contributed by atoms with Crippen molar-refractivity contribution in [3.63, 3.8) is 0 Å². The lowest BCUT2D eigenvalue weighted by Gasteiger charge is -2.23. The highest BCUT2D eigenvalue weighted by Gasteiger charge is 2.23. The minimum absolute atomic E-state index is 0.129. The Hall–Kier alpha value is -3.37. The molecule has 0 unspecified atom stereocenters. The Kier molecular flexibility index (Phi) is 4.03. The van der Waals surface area contributed by atoms with Crippen molar-refractivity contribution >= 4 is 23.6 Å². The van der Waals surface area contributed by atoms with Gasteiger partial charge in [0.1, 0.15) is 6.20 Å². The molecule has 0 saturated carbocycles. The molecule has 0 bridgehead atoms. The van der Waals surface area contributed by atoms with Crippen LogP contribution in [0.25, 0.3) is 17.3 Å². The van der Waals surface area contributed by atoms with Crippen LogP contribution in [0, 0.1) is 10.1 Å². The van der Waals surface area contributed by atoms with Gasteiger partial charge in [-0.25, -0.2) is 14.5 Å². The van der Waals surface area contributed by atoms with E-state index in [4.69, 9.17) is 0 Å². The number of likely N-dealkylation sites (tertiary alicyclic amines) is 1. The third-order valence-electron chi connectivity index (χ3n) is 4.34. The van der Waals surface area contributed by atoms with Crippen LogP contribution < -0.4 is 0 Å². The van der Waals surface area contributed by atoms with Gasteiger partial charge in [-0.2, -0.15) is 4.52 Å². The Morgan fingerprint density at radius 1 is 1.19 bits per heavy atom. The molecule has 0 atom stereocenters. The molecule has 4 rings (SSSR count). The SMILES string of the molecule is Cn1c([N+](=O)[O-])cnc1-c1nnc2ccc(N=CN3CCCCC3)nn12. The molecule has 0 radical (unpaired) electrons. The predicted octanol–water partition coefficient (Wildman–Crippen LogP) is 1.58. The monoisotopic (exact) mass is 355 g/mol. The highest BCUT2D eigenvalue weighted by molar-refractivity contribution is 5.61. The molecule has 26 heavy (non-hydrogen) atoms. The molecule has 0 aromatic carbocycles. The van der Waals surface area contributed by atoms with Gasteiger partial charge in [0.2, 0.25) is 5.82 Å². The first-order valence-corrected chi connectivity index (χ1v) is 8.30. The fourth-order valence-corrected chi connectivity index (χ4v) is 2.94. The van der Waals surface area contributed by atoms with Crippen molar-refractivity contribution in [2.75, 3.05) is 13.1 Å². The quantitative estimate of drug-likeness (QED) is 0.301. The molecule has 0 spiro atoms. The average Bonchev–Trinajstić information content (AvgIpc) is 3.23. The zero-order chi connectivity index (χ0) is 18.1. The van der Waals surface area contributed by atoms with Gasteiger partial charge in [0.25, 0.3) is 5.82 Å². The summed E-state index contributed by atoms with van der Waals surface area (Å²) in [5.74, 6) is 1.02. The Bertz CT molecular complexity index is 984. The zero-order valence-corrected chi connectivity index (χ0v) is 14.2. The van der Waals surface area contributed by atoms with Gasteiger partial charge in [0.15, 0.2) is 11.5 Å². The van der Waals surface area contributed by atoms with Crippen LogP contribution in [-0.4, -0.2) is 58.6 Å². The Balaban J connectivity index is 1.69. The number of rotatable bonds is 4. The third-order valence-corrected chi connectivity index (χ3v) is 4.34. The molecular weight excluding hydrogens is 338 g/mol. The molecular formula is C15H17N9O2. The van der Waals surface area contributed by atoms with Crippen LogP contribution in [0.3, 0.4) is 0 Å². The van der Waals surface area contributed by atoms with Crippen LogP contribution in [0.2, 0.25) is 0 Å². The maximum atomic E-state index is 11.0. The number of aliphatic imine (C=N–C) groups is 1. The van der Waals surface area contributed by atoms with Gasteiger partial charge in [0.05, 0.1) is 13.4 Å². The van der Waals surface area contributed by atoms with Crippen LogP contribution in [0.5, 0.6) is 0 Å². The molecule has 1 fully saturated rings. The van der Waals surface area contributed by atoms with Crippen LogP contribution >= 0.6 is 0 Å². The van der Waals surface area contributed by atoms with Gasteiger partial charge in [-0.1, -0.05) is 0 Å². The Morgan fingerprint density at radius 3 is 2.73 bits per heavy atom. The molecule has 0 aliphatic carbocycles. The number of fused-ring (bicyclic) bond motifs is 1. The average molecular weight is 355 g/mol. The highest BCUT2D eigenvalue weighted by Crippen LogP contribution is 2.22. The number of aromatic nitrogens is 6. The summed E-state index contributed by atoms with van der Waals surface area (Å²) in [6, 6.07) is 3.51. The van der Waals surface area contributed by atoms with Gasteiger partial charge in [-0.3, -0.25) is 0 Å². The Morgan fingerprint density at radius 2 is 2.00 bits per heavy atom. The van der Waals surface area contributed by atoms with E-state index in [0.717, 1.165) is 13.1 Å². The summed E-state index contributed by atoms with van der Waals surface area (Å²) in [7, 11) is 1.56. The fraction of sp³-hybridized carbons (Fsp3) is 0.400. The summed E-state index contributed by atoms with van der Waals surface area (Å²) in [5.41, 5.74) is 0.516. The first-order chi connectivity index (χ1) is 12.6. The van der Waals surface area contributed by atoms with Gasteiger partial charge in [-0.15, -0.1) is 15.3 Å². The molecule has 11 nitrogen and oxygen atoms in total. The van der Waals surface area contributed by atoms with Crippen molar-refractivity contribution < 1.29 is 4.92 Å². The van der Waals surface area contributed by atoms with Crippen LogP contribution in [0.15, 0.2) is 23.3 Å². The number of nitrogens with zero attached hydrogens (tertiary/aromatic N) is 9. The van der Waals surface area contributed by atoms with E-state index in [1.54, 1.807) is 19.2 Å². The fourth-order valence-electron chi connectivity index (χ4n) is 2.94. The van der Waals surface area contributed by atoms with Crippen molar-refractivity contribution in [3.05, 3.63) is 28.4 Å². The van der Waals surface area contributed by atoms with Crippen LogP contribution in [0.4, 0.5) is 11.6 Å². The lowest BCUT2D eigenvalue weighted by Crippen LogP contribution is -2.28. The standard InChI is InChI=1S/C15H17N9O2/c1-21-13(24(25)26)9-16-14(21)15-19-18-12-6-5-11(20-23(12)15)17-10-22-7-3-2-4-8-22/h5-6,9-10H,2-4,7-8H2,1H3. The molecule has 0 N–H and O–H groups in total. The highest BCUT2D eigenvalue weighted by atomic mass is 16.6. The minimum Gasteiger partial charge on any atom is -0.363 e. The van der Waals surface area contributed by atoms with Crippen molar-refractivity contribution in [1.82, 2.24) is 34.3 Å². The van der Waals surface area contributed by atoms with E-state index in [1.807, 2.05) is 6.34 Å². The zero-order valence-electron chi connectivity index (χ0n) is 14.2. The third kappa shape index (κ3) is 2.87. The second-order valence-corrected chi connectivity index (χ2v) is 6.08. The Labute approximate surface area is 148 Å². The molecule has 4 heterocycles. The summed E-state index contributed by atoms with van der Waals surface area (Å²) in [6.45, 7) is 2.00. The molecule has 1 saturated heterocycles. The smallest absolute Gasteiger partial charge is 0.343 e. The minimum atomic E-state index is -0.499. The first kappa shape index (κ1) is 16.1.